The number of H-pyrrole nitrogens is 1. The second kappa shape index (κ2) is 5.32. The predicted molar refractivity (Wildman–Crippen MR) is 83.9 cm³/mol. The summed E-state index contributed by atoms with van der Waals surface area (Å²) in [4.78, 5) is 3.29. The molecule has 0 radical (unpaired) electrons. The Labute approximate surface area is 122 Å². The van der Waals surface area contributed by atoms with Gasteiger partial charge in [0.2, 0.25) is 0 Å². The molecule has 3 rings (SSSR count). The van der Waals surface area contributed by atoms with Gasteiger partial charge in [-0.25, -0.2) is 0 Å². The maximum Gasteiger partial charge on any atom is 0.191 e. The summed E-state index contributed by atoms with van der Waals surface area (Å²) < 4.78 is 2.08. The van der Waals surface area contributed by atoms with Crippen LogP contribution in [0.2, 0.25) is 0 Å². The van der Waals surface area contributed by atoms with E-state index in [1.807, 2.05) is 25.4 Å². The minimum Gasteiger partial charge on any atom is -0.360 e. The van der Waals surface area contributed by atoms with E-state index in [0.29, 0.717) is 5.25 Å². The first-order valence-corrected chi connectivity index (χ1v) is 7.71. The molecule has 0 aliphatic rings. The van der Waals surface area contributed by atoms with E-state index in [4.69, 9.17) is 0 Å². The molecule has 0 amide bonds. The van der Waals surface area contributed by atoms with Gasteiger partial charge in [0.05, 0.1) is 0 Å². The molecule has 1 aromatic carbocycles. The fourth-order valence-electron chi connectivity index (χ4n) is 2.17. The minimum atomic E-state index is 0.550. The summed E-state index contributed by atoms with van der Waals surface area (Å²) in [5, 5.41) is 11.4. The first-order valence-electron chi connectivity index (χ1n) is 6.83. The van der Waals surface area contributed by atoms with Gasteiger partial charge in [-0.2, -0.15) is 0 Å². The lowest BCUT2D eigenvalue weighted by Gasteiger charge is -2.07. The van der Waals surface area contributed by atoms with E-state index < -0.39 is 0 Å². The molecule has 20 heavy (non-hydrogen) atoms. The molecule has 0 fully saturated rings. The number of aromatic nitrogens is 4. The van der Waals surface area contributed by atoms with Crippen LogP contribution in [0.25, 0.3) is 22.3 Å². The van der Waals surface area contributed by atoms with Gasteiger partial charge in [-0.05, 0) is 12.5 Å². The van der Waals surface area contributed by atoms with Gasteiger partial charge in [0.25, 0.3) is 0 Å². The Morgan fingerprint density at radius 1 is 1.30 bits per heavy atom. The van der Waals surface area contributed by atoms with Gasteiger partial charge in [0.15, 0.2) is 11.0 Å². The highest BCUT2D eigenvalue weighted by Crippen LogP contribution is 2.30. The Morgan fingerprint density at radius 3 is 2.90 bits per heavy atom. The molecule has 1 N–H and O–H groups in total. The van der Waals surface area contributed by atoms with Crippen molar-refractivity contribution >= 4 is 22.7 Å². The number of fused-ring (bicyclic) bond motifs is 1. The molecular formula is C15H18N4S. The summed E-state index contributed by atoms with van der Waals surface area (Å²) in [6, 6.07) is 8.26. The van der Waals surface area contributed by atoms with Crippen LogP contribution in [0.3, 0.4) is 0 Å². The van der Waals surface area contributed by atoms with Gasteiger partial charge in [-0.3, -0.25) is 0 Å². The Morgan fingerprint density at radius 2 is 2.10 bits per heavy atom. The smallest absolute Gasteiger partial charge is 0.191 e. The van der Waals surface area contributed by atoms with Crippen molar-refractivity contribution in [3.8, 4) is 11.4 Å². The predicted octanol–water partition coefficient (Wildman–Crippen LogP) is 3.85. The van der Waals surface area contributed by atoms with Gasteiger partial charge in [0.1, 0.15) is 0 Å². The number of hydrogen-bond acceptors (Lipinski definition) is 3. The molecule has 0 saturated heterocycles. The van der Waals surface area contributed by atoms with Gasteiger partial charge >= 0.3 is 0 Å². The maximum atomic E-state index is 4.37. The second-order valence-electron chi connectivity index (χ2n) is 4.95. The summed E-state index contributed by atoms with van der Waals surface area (Å²) in [7, 11) is 2.03. The number of benzene rings is 1. The number of aromatic amines is 1. The Kier molecular flexibility index (Phi) is 3.53. The van der Waals surface area contributed by atoms with E-state index in [2.05, 4.69) is 45.7 Å². The van der Waals surface area contributed by atoms with Gasteiger partial charge in [-0.1, -0.05) is 43.8 Å². The van der Waals surface area contributed by atoms with E-state index in [0.717, 1.165) is 28.5 Å². The normalized spacial score (nSPS) is 12.9. The summed E-state index contributed by atoms with van der Waals surface area (Å²) in [6.45, 7) is 4.40. The van der Waals surface area contributed by atoms with E-state index in [1.165, 1.54) is 5.39 Å². The highest BCUT2D eigenvalue weighted by molar-refractivity contribution is 7.99. The third-order valence-corrected chi connectivity index (χ3v) is 4.85. The van der Waals surface area contributed by atoms with Crippen molar-refractivity contribution in [2.24, 2.45) is 7.05 Å². The van der Waals surface area contributed by atoms with Crippen LogP contribution < -0.4 is 0 Å². The summed E-state index contributed by atoms with van der Waals surface area (Å²) in [6.07, 6.45) is 3.13. The SMILES string of the molecule is CCC(C)Sc1nnc(-c2c[nH]c3ccccc23)n1C. The van der Waals surface area contributed by atoms with Crippen molar-refractivity contribution in [3.05, 3.63) is 30.5 Å². The number of para-hydroxylation sites is 1. The molecule has 4 nitrogen and oxygen atoms in total. The quantitative estimate of drug-likeness (QED) is 0.741. The number of thioether (sulfide) groups is 1. The molecule has 0 aliphatic heterocycles. The van der Waals surface area contributed by atoms with E-state index in [1.54, 1.807) is 11.8 Å². The highest BCUT2D eigenvalue weighted by Gasteiger charge is 2.16. The number of hydrogen-bond donors (Lipinski definition) is 1. The zero-order valence-electron chi connectivity index (χ0n) is 11.9. The van der Waals surface area contributed by atoms with E-state index in [9.17, 15) is 0 Å². The van der Waals surface area contributed by atoms with Crippen molar-refractivity contribution in [1.29, 1.82) is 0 Å². The number of nitrogens with zero attached hydrogens (tertiary/aromatic N) is 3. The second-order valence-corrected chi connectivity index (χ2v) is 6.36. The molecule has 1 unspecified atom stereocenters. The first-order chi connectivity index (χ1) is 9.70. The van der Waals surface area contributed by atoms with Crippen molar-refractivity contribution < 1.29 is 0 Å². The molecule has 0 spiro atoms. The van der Waals surface area contributed by atoms with Gasteiger partial charge in [0, 0.05) is 35.0 Å². The van der Waals surface area contributed by atoms with E-state index in [-0.39, 0.29) is 0 Å². The van der Waals surface area contributed by atoms with Crippen LogP contribution in [0.15, 0.2) is 35.6 Å². The number of rotatable bonds is 4. The largest absolute Gasteiger partial charge is 0.360 e. The van der Waals surface area contributed by atoms with Crippen LogP contribution in [-0.2, 0) is 7.05 Å². The third kappa shape index (κ3) is 2.22. The molecule has 0 bridgehead atoms. The number of nitrogens with one attached hydrogen (secondary N) is 1. The summed E-state index contributed by atoms with van der Waals surface area (Å²) in [5.41, 5.74) is 2.23. The monoisotopic (exact) mass is 286 g/mol. The van der Waals surface area contributed by atoms with Crippen molar-refractivity contribution in [1.82, 2.24) is 19.7 Å². The Balaban J connectivity index is 2.03. The van der Waals surface area contributed by atoms with Crippen molar-refractivity contribution in [2.75, 3.05) is 0 Å². The van der Waals surface area contributed by atoms with Crippen molar-refractivity contribution in [3.63, 3.8) is 0 Å². The molecule has 2 aromatic heterocycles. The standard InChI is InChI=1S/C15H18N4S/c1-4-10(2)20-15-18-17-14(19(15)3)12-9-16-13-8-6-5-7-11(12)13/h5-10,16H,4H2,1-3H3. The fourth-order valence-corrected chi connectivity index (χ4v) is 3.03. The lowest BCUT2D eigenvalue weighted by Crippen LogP contribution is -1.99. The van der Waals surface area contributed by atoms with Crippen LogP contribution in [0.4, 0.5) is 0 Å². The minimum absolute atomic E-state index is 0.550. The zero-order chi connectivity index (χ0) is 14.1. The van der Waals surface area contributed by atoms with Gasteiger partial charge in [-0.15, -0.1) is 10.2 Å². The molecule has 5 heteroatoms. The summed E-state index contributed by atoms with van der Waals surface area (Å²) in [5.74, 6) is 0.910. The average molecular weight is 286 g/mol. The summed E-state index contributed by atoms with van der Waals surface area (Å²) >= 11 is 1.77. The third-order valence-electron chi connectivity index (χ3n) is 3.55. The fraction of sp³-hybridized carbons (Fsp3) is 0.333. The molecule has 2 heterocycles. The zero-order valence-corrected chi connectivity index (χ0v) is 12.7. The maximum absolute atomic E-state index is 4.37. The first kappa shape index (κ1) is 13.2. The topological polar surface area (TPSA) is 46.5 Å². The molecule has 0 saturated carbocycles. The van der Waals surface area contributed by atoms with Crippen molar-refractivity contribution in [2.45, 2.75) is 30.7 Å². The molecule has 1 atom stereocenters. The lowest BCUT2D eigenvalue weighted by atomic mass is 10.1. The average Bonchev–Trinajstić information content (AvgIpc) is 3.03. The molecule has 104 valence electrons. The molecule has 3 aromatic rings. The van der Waals surface area contributed by atoms with Crippen LogP contribution in [0.1, 0.15) is 20.3 Å². The van der Waals surface area contributed by atoms with Crippen LogP contribution in [-0.4, -0.2) is 25.0 Å². The molecular weight excluding hydrogens is 268 g/mol. The van der Waals surface area contributed by atoms with Crippen LogP contribution in [0, 0.1) is 0 Å². The Bertz CT molecular complexity index is 728. The van der Waals surface area contributed by atoms with Gasteiger partial charge < -0.3 is 9.55 Å². The molecule has 0 aliphatic carbocycles. The lowest BCUT2D eigenvalue weighted by molar-refractivity contribution is 0.784. The van der Waals surface area contributed by atoms with Crippen LogP contribution >= 0.6 is 11.8 Å². The Hall–Kier alpha value is -1.75. The van der Waals surface area contributed by atoms with Crippen LogP contribution in [0.5, 0.6) is 0 Å². The van der Waals surface area contributed by atoms with E-state index >= 15 is 0 Å². The highest BCUT2D eigenvalue weighted by atomic mass is 32.2.